The van der Waals surface area contributed by atoms with Crippen LogP contribution in [-0.2, 0) is 14.3 Å². The van der Waals surface area contributed by atoms with Crippen LogP contribution in [0.3, 0.4) is 0 Å². The van der Waals surface area contributed by atoms with Gasteiger partial charge in [0.05, 0.1) is 31.6 Å². The number of amides is 1. The lowest BCUT2D eigenvalue weighted by Gasteiger charge is -2.13. The first-order chi connectivity index (χ1) is 9.92. The molecule has 116 valence electrons. The molecule has 0 bridgehead atoms. The first-order valence-corrected chi connectivity index (χ1v) is 6.74. The van der Waals surface area contributed by atoms with E-state index >= 15 is 0 Å². The Kier molecular flexibility index (Phi) is 6.94. The molecule has 1 N–H and O–H groups in total. The van der Waals surface area contributed by atoms with Gasteiger partial charge >= 0.3 is 5.97 Å². The maximum Gasteiger partial charge on any atom is 0.307 e. The van der Waals surface area contributed by atoms with Gasteiger partial charge in [-0.1, -0.05) is 11.6 Å². The summed E-state index contributed by atoms with van der Waals surface area (Å²) in [5.74, 6) is -0.794. The molecule has 0 aliphatic rings. The van der Waals surface area contributed by atoms with Crippen molar-refractivity contribution >= 4 is 23.5 Å². The molecule has 0 spiro atoms. The van der Waals surface area contributed by atoms with Gasteiger partial charge in [-0.05, 0) is 25.1 Å². The van der Waals surface area contributed by atoms with Gasteiger partial charge in [0, 0.05) is 6.04 Å². The van der Waals surface area contributed by atoms with Gasteiger partial charge in [0.25, 0.3) is 0 Å². The molecule has 0 radical (unpaired) electrons. The van der Waals surface area contributed by atoms with E-state index in [9.17, 15) is 14.0 Å². The predicted molar refractivity (Wildman–Crippen MR) is 75.8 cm³/mol. The van der Waals surface area contributed by atoms with Gasteiger partial charge < -0.3 is 14.8 Å². The fraction of sp³-hybridized carbons (Fsp3) is 0.429. The topological polar surface area (TPSA) is 64.6 Å². The van der Waals surface area contributed by atoms with Crippen molar-refractivity contribution in [3.63, 3.8) is 0 Å². The van der Waals surface area contributed by atoms with Crippen molar-refractivity contribution in [2.24, 2.45) is 0 Å². The number of hydrogen-bond donors (Lipinski definition) is 1. The molecule has 0 fully saturated rings. The van der Waals surface area contributed by atoms with Crippen LogP contribution in [0.2, 0.25) is 5.02 Å². The van der Waals surface area contributed by atoms with E-state index in [0.29, 0.717) is 5.75 Å². The maximum atomic E-state index is 12.8. The van der Waals surface area contributed by atoms with Gasteiger partial charge in [-0.25, -0.2) is 4.39 Å². The average Bonchev–Trinajstić information content (AvgIpc) is 2.40. The molecule has 0 saturated carbocycles. The minimum absolute atomic E-state index is 0.0964. The van der Waals surface area contributed by atoms with Crippen molar-refractivity contribution in [1.82, 2.24) is 5.32 Å². The summed E-state index contributed by atoms with van der Waals surface area (Å²) >= 11 is 5.79. The Hall–Kier alpha value is -1.82. The molecule has 1 unspecified atom stereocenters. The van der Waals surface area contributed by atoms with Crippen molar-refractivity contribution < 1.29 is 23.5 Å². The number of esters is 1. The lowest BCUT2D eigenvalue weighted by Crippen LogP contribution is -2.35. The zero-order valence-corrected chi connectivity index (χ0v) is 12.6. The highest BCUT2D eigenvalue weighted by atomic mass is 35.5. The molecule has 0 aliphatic carbocycles. The second-order valence-corrected chi connectivity index (χ2v) is 4.83. The Morgan fingerprint density at radius 1 is 1.43 bits per heavy atom. The highest BCUT2D eigenvalue weighted by Crippen LogP contribution is 2.24. The minimum Gasteiger partial charge on any atom is -0.491 e. The Morgan fingerprint density at radius 3 is 2.76 bits per heavy atom. The maximum absolute atomic E-state index is 12.8. The number of carbonyl (C=O) groups excluding carboxylic acids is 2. The summed E-state index contributed by atoms with van der Waals surface area (Å²) in [6, 6.07) is 3.43. The summed E-state index contributed by atoms with van der Waals surface area (Å²) in [4.78, 5) is 22.6. The van der Waals surface area contributed by atoms with Gasteiger partial charge in [-0.15, -0.1) is 0 Å². The van der Waals surface area contributed by atoms with Crippen LogP contribution in [-0.4, -0.2) is 31.6 Å². The second kappa shape index (κ2) is 8.46. The number of halogens is 2. The zero-order valence-electron chi connectivity index (χ0n) is 11.8. The molecular weight excluding hydrogens is 301 g/mol. The van der Waals surface area contributed by atoms with E-state index in [1.807, 2.05) is 0 Å². The lowest BCUT2D eigenvalue weighted by atomic mass is 10.2. The Morgan fingerprint density at radius 2 is 2.14 bits per heavy atom. The van der Waals surface area contributed by atoms with Crippen LogP contribution >= 0.6 is 11.6 Å². The zero-order chi connectivity index (χ0) is 15.8. The van der Waals surface area contributed by atoms with E-state index < -0.39 is 11.8 Å². The smallest absolute Gasteiger partial charge is 0.307 e. The molecule has 0 aromatic heterocycles. The molecule has 1 atom stereocenters. The predicted octanol–water partition coefficient (Wildman–Crippen LogP) is 2.32. The first kappa shape index (κ1) is 17.2. The van der Waals surface area contributed by atoms with Crippen LogP contribution in [0, 0.1) is 5.82 Å². The summed E-state index contributed by atoms with van der Waals surface area (Å²) in [5, 5.41) is 2.79. The molecule has 1 aromatic rings. The lowest BCUT2D eigenvalue weighted by molar-refractivity contribution is -0.141. The molecule has 0 aliphatic heterocycles. The number of ether oxygens (including phenoxy) is 2. The van der Waals surface area contributed by atoms with Crippen molar-refractivity contribution in [3.05, 3.63) is 29.0 Å². The van der Waals surface area contributed by atoms with Gasteiger partial charge in [0.15, 0.2) is 0 Å². The largest absolute Gasteiger partial charge is 0.491 e. The molecule has 5 nitrogen and oxygen atoms in total. The van der Waals surface area contributed by atoms with Crippen molar-refractivity contribution in [2.75, 3.05) is 13.7 Å². The van der Waals surface area contributed by atoms with Crippen molar-refractivity contribution in [1.29, 1.82) is 0 Å². The van der Waals surface area contributed by atoms with Gasteiger partial charge in [0.1, 0.15) is 11.6 Å². The number of hydrogen-bond acceptors (Lipinski definition) is 4. The normalized spacial score (nSPS) is 11.6. The van der Waals surface area contributed by atoms with Crippen LogP contribution in [0.5, 0.6) is 5.75 Å². The van der Waals surface area contributed by atoms with E-state index in [1.54, 1.807) is 6.92 Å². The molecule has 1 aromatic carbocycles. The molecular formula is C14H17ClFNO4. The standard InChI is InChI=1S/C14H17ClFNO4/c1-9(7-14(19)20-2)17-13(18)5-6-21-12-4-3-10(16)8-11(12)15/h3-4,8-9H,5-7H2,1-2H3,(H,17,18). The summed E-state index contributed by atoms with van der Waals surface area (Å²) in [6.07, 6.45) is 0.201. The number of nitrogens with one attached hydrogen (secondary N) is 1. The summed E-state index contributed by atoms with van der Waals surface area (Å²) in [5.41, 5.74) is 0. The minimum atomic E-state index is -0.457. The first-order valence-electron chi connectivity index (χ1n) is 6.36. The Bertz CT molecular complexity index is 510. The van der Waals surface area contributed by atoms with Crippen LogP contribution in [0.15, 0.2) is 18.2 Å². The summed E-state index contributed by atoms with van der Waals surface area (Å²) in [6.45, 7) is 1.80. The Labute approximate surface area is 127 Å². The molecule has 7 heteroatoms. The number of benzene rings is 1. The van der Waals surface area contributed by atoms with Gasteiger partial charge in [-0.3, -0.25) is 9.59 Å². The molecule has 0 saturated heterocycles. The van der Waals surface area contributed by atoms with E-state index in [0.717, 1.165) is 6.07 Å². The number of carbonyl (C=O) groups is 2. The van der Waals surface area contributed by atoms with E-state index in [-0.39, 0.29) is 36.4 Å². The molecule has 1 amide bonds. The van der Waals surface area contributed by atoms with Crippen LogP contribution in [0.1, 0.15) is 19.8 Å². The highest BCUT2D eigenvalue weighted by molar-refractivity contribution is 6.32. The SMILES string of the molecule is COC(=O)CC(C)NC(=O)CCOc1ccc(F)cc1Cl. The van der Waals surface area contributed by atoms with Crippen molar-refractivity contribution in [3.8, 4) is 5.75 Å². The van der Waals surface area contributed by atoms with Crippen LogP contribution in [0.25, 0.3) is 0 Å². The monoisotopic (exact) mass is 317 g/mol. The van der Waals surface area contributed by atoms with E-state index in [4.69, 9.17) is 16.3 Å². The Balaban J connectivity index is 2.31. The highest BCUT2D eigenvalue weighted by Gasteiger charge is 2.12. The molecule has 1 rings (SSSR count). The fourth-order valence-electron chi connectivity index (χ4n) is 1.58. The van der Waals surface area contributed by atoms with Crippen LogP contribution < -0.4 is 10.1 Å². The van der Waals surface area contributed by atoms with Crippen LogP contribution in [0.4, 0.5) is 4.39 Å². The number of methoxy groups -OCH3 is 1. The number of rotatable bonds is 7. The fourth-order valence-corrected chi connectivity index (χ4v) is 1.80. The van der Waals surface area contributed by atoms with E-state index in [1.165, 1.54) is 19.2 Å². The van der Waals surface area contributed by atoms with Gasteiger partial charge in [-0.2, -0.15) is 0 Å². The van der Waals surface area contributed by atoms with Crippen molar-refractivity contribution in [2.45, 2.75) is 25.8 Å². The quantitative estimate of drug-likeness (QED) is 0.784. The van der Waals surface area contributed by atoms with E-state index in [2.05, 4.69) is 10.1 Å². The summed E-state index contributed by atoms with van der Waals surface area (Å²) < 4.78 is 22.6. The van der Waals surface area contributed by atoms with Gasteiger partial charge in [0.2, 0.25) is 5.91 Å². The third-order valence-electron chi connectivity index (χ3n) is 2.59. The molecule has 0 heterocycles. The third kappa shape index (κ3) is 6.44. The second-order valence-electron chi connectivity index (χ2n) is 4.42. The molecule has 21 heavy (non-hydrogen) atoms. The summed E-state index contributed by atoms with van der Waals surface area (Å²) in [7, 11) is 1.29. The third-order valence-corrected chi connectivity index (χ3v) is 2.88. The average molecular weight is 318 g/mol.